The van der Waals surface area contributed by atoms with Gasteiger partial charge in [-0.2, -0.15) is 0 Å². The number of fused-ring (bicyclic) bond motifs is 21. The van der Waals surface area contributed by atoms with Crippen LogP contribution in [0.5, 0.6) is 0 Å². The number of nitrogens with zero attached hydrogens (tertiary/aromatic N) is 3. The second-order valence-electron chi connectivity index (χ2n) is 31.1. The van der Waals surface area contributed by atoms with Crippen LogP contribution in [0.2, 0.25) is 0 Å². The van der Waals surface area contributed by atoms with Crippen molar-refractivity contribution in [1.29, 1.82) is 0 Å². The van der Waals surface area contributed by atoms with Gasteiger partial charge in [-0.1, -0.05) is 313 Å². The average Bonchev–Trinajstić information content (AvgIpc) is 1.61. The molecule has 17 aromatic carbocycles. The van der Waals surface area contributed by atoms with Crippen molar-refractivity contribution in [1.82, 2.24) is 13.7 Å². The van der Waals surface area contributed by atoms with Crippen LogP contribution in [-0.2, 0) is 24.7 Å². The Bertz CT molecular complexity index is 6970. The molecule has 554 valence electrons. The quantitative estimate of drug-likeness (QED) is 0.163. The summed E-state index contributed by atoms with van der Waals surface area (Å²) in [5.41, 5.74) is 38.5. The van der Waals surface area contributed by atoms with E-state index in [9.17, 15) is 0 Å². The van der Waals surface area contributed by atoms with Gasteiger partial charge in [0.25, 0.3) is 0 Å². The molecule has 5 nitrogen and oxygen atoms in total. The molecule has 0 saturated carbocycles. The zero-order valence-electron chi connectivity index (χ0n) is 64.1. The molecule has 4 aliphatic carbocycles. The highest BCUT2D eigenvalue weighted by atomic mass is 79.9. The first-order chi connectivity index (χ1) is 56.9. The number of hydrogen-bond donors (Lipinski definition) is 2. The lowest BCUT2D eigenvalue weighted by atomic mass is 9.79. The molecule has 24 rings (SSSR count). The maximum Gasteiger partial charge on any atom is 0.488 e. The van der Waals surface area contributed by atoms with Crippen LogP contribution in [0.4, 0.5) is 0 Å². The minimum absolute atomic E-state index is 0.121. The Labute approximate surface area is 692 Å². The van der Waals surface area contributed by atoms with E-state index in [0.29, 0.717) is 5.46 Å². The van der Waals surface area contributed by atoms with Crippen molar-refractivity contribution in [3.8, 4) is 83.8 Å². The highest BCUT2D eigenvalue weighted by molar-refractivity contribution is 9.10. The molecule has 0 amide bonds. The SMILES string of the molecule is Brc1ccc2c(c1)c1ccccc1n2-c1ccccc1.CC1(C)c2ccccc2-c2ccc(Br)cc21.OB(O)c1ccc2c(c1)-c1ccccc1C2.c1ccc(-n2c3ccccc3c3cc(-c4ccc5c(c4)-c4ccccc4C5)ccc32)cc1.c1ccc(-n2c3ccccc3c3cc(-c4ccc5c(c4)-c4ccccc4C5)ccc32)cc1. The Morgan fingerprint density at radius 3 is 1.00 bits per heavy atom. The number of halogens is 2. The highest BCUT2D eigenvalue weighted by Gasteiger charge is 2.35. The van der Waals surface area contributed by atoms with Crippen molar-refractivity contribution < 1.29 is 10.0 Å². The largest absolute Gasteiger partial charge is 0.488 e. The summed E-state index contributed by atoms with van der Waals surface area (Å²) in [6, 6.07) is 139. The van der Waals surface area contributed by atoms with Crippen LogP contribution in [0.3, 0.4) is 0 Å². The van der Waals surface area contributed by atoms with Crippen LogP contribution in [-0.4, -0.2) is 30.9 Å². The van der Waals surface area contributed by atoms with Crippen molar-refractivity contribution in [3.05, 3.63) is 442 Å². The van der Waals surface area contributed by atoms with Crippen LogP contribution < -0.4 is 5.46 Å². The lowest BCUT2D eigenvalue weighted by molar-refractivity contribution is 0.426. The molecule has 4 aliphatic rings. The van der Waals surface area contributed by atoms with Gasteiger partial charge < -0.3 is 23.7 Å². The number of para-hydroxylation sites is 6. The predicted molar refractivity (Wildman–Crippen MR) is 494 cm³/mol. The molecule has 0 unspecified atom stereocenters. The monoisotopic (exact) mass is 1620 g/mol. The first-order valence-electron chi connectivity index (χ1n) is 39.8. The van der Waals surface area contributed by atoms with Gasteiger partial charge in [0.05, 0.1) is 33.1 Å². The van der Waals surface area contributed by atoms with Crippen molar-refractivity contribution >= 4 is 110 Å². The van der Waals surface area contributed by atoms with Crippen molar-refractivity contribution in [2.24, 2.45) is 0 Å². The summed E-state index contributed by atoms with van der Waals surface area (Å²) >= 11 is 7.14. The van der Waals surface area contributed by atoms with E-state index in [4.69, 9.17) is 10.0 Å². The Kier molecular flexibility index (Phi) is 18.7. The number of benzene rings is 17. The minimum Gasteiger partial charge on any atom is -0.423 e. The molecule has 0 aliphatic heterocycles. The number of rotatable bonds is 6. The lowest BCUT2D eigenvalue weighted by Crippen LogP contribution is -2.29. The molecular weight excluding hydrogens is 1540 g/mol. The molecule has 20 aromatic rings. The molecule has 0 atom stereocenters. The van der Waals surface area contributed by atoms with Crippen LogP contribution >= 0.6 is 31.9 Å². The molecule has 3 aromatic heterocycles. The fourth-order valence-corrected chi connectivity index (χ4v) is 19.1. The highest BCUT2D eigenvalue weighted by Crippen LogP contribution is 2.50. The van der Waals surface area contributed by atoms with E-state index in [0.717, 1.165) is 33.8 Å². The van der Waals surface area contributed by atoms with E-state index in [1.54, 1.807) is 6.07 Å². The third-order valence-electron chi connectivity index (χ3n) is 24.0. The van der Waals surface area contributed by atoms with Crippen LogP contribution in [0, 0.1) is 0 Å². The van der Waals surface area contributed by atoms with Crippen LogP contribution in [0.25, 0.3) is 149 Å². The molecule has 0 saturated heterocycles. The number of aromatic nitrogens is 3. The summed E-state index contributed by atoms with van der Waals surface area (Å²) in [7, 11) is -1.39. The first kappa shape index (κ1) is 72.1. The topological polar surface area (TPSA) is 55.2 Å². The van der Waals surface area contributed by atoms with Crippen LogP contribution in [0.1, 0.15) is 58.4 Å². The predicted octanol–water partition coefficient (Wildman–Crippen LogP) is 27.3. The van der Waals surface area contributed by atoms with E-state index < -0.39 is 7.12 Å². The van der Waals surface area contributed by atoms with E-state index in [2.05, 4.69) is 411 Å². The molecule has 0 radical (unpaired) electrons. The summed E-state index contributed by atoms with van der Waals surface area (Å²) in [5.74, 6) is 0. The normalized spacial score (nSPS) is 12.5. The van der Waals surface area contributed by atoms with Gasteiger partial charge in [-0.05, 0) is 257 Å². The van der Waals surface area contributed by atoms with E-state index in [1.165, 1.54) is 188 Å². The molecule has 116 heavy (non-hydrogen) atoms. The second-order valence-corrected chi connectivity index (χ2v) is 32.9. The molecule has 0 spiro atoms. The maximum absolute atomic E-state index is 9.16. The Morgan fingerprint density at radius 1 is 0.241 bits per heavy atom. The molecule has 2 N–H and O–H groups in total. The smallest absolute Gasteiger partial charge is 0.423 e. The van der Waals surface area contributed by atoms with Crippen molar-refractivity contribution in [2.75, 3.05) is 0 Å². The van der Waals surface area contributed by atoms with Gasteiger partial charge in [-0.25, -0.2) is 0 Å². The molecule has 0 bridgehead atoms. The Hall–Kier alpha value is -12.9. The summed E-state index contributed by atoms with van der Waals surface area (Å²) in [6.45, 7) is 4.59. The fraction of sp³-hybridized carbons (Fsp3) is 0.0556. The van der Waals surface area contributed by atoms with E-state index >= 15 is 0 Å². The third kappa shape index (κ3) is 13.0. The summed E-state index contributed by atoms with van der Waals surface area (Å²) < 4.78 is 9.32. The van der Waals surface area contributed by atoms with Crippen LogP contribution in [0.15, 0.2) is 397 Å². The Balaban J connectivity index is 0.0000000967. The van der Waals surface area contributed by atoms with Crippen molar-refractivity contribution in [3.63, 3.8) is 0 Å². The number of hydrogen-bond acceptors (Lipinski definition) is 2. The van der Waals surface area contributed by atoms with Crippen molar-refractivity contribution in [2.45, 2.75) is 38.5 Å². The second kappa shape index (κ2) is 30.1. The van der Waals surface area contributed by atoms with Gasteiger partial charge >= 0.3 is 7.12 Å². The third-order valence-corrected chi connectivity index (χ3v) is 24.9. The molecule has 3 heterocycles. The lowest BCUT2D eigenvalue weighted by Gasteiger charge is -2.21. The molecule has 8 heteroatoms. The summed E-state index contributed by atoms with van der Waals surface area (Å²) in [6.07, 6.45) is 3.01. The van der Waals surface area contributed by atoms with Gasteiger partial charge in [-0.3, -0.25) is 0 Å². The van der Waals surface area contributed by atoms with Gasteiger partial charge in [0.15, 0.2) is 0 Å². The zero-order valence-corrected chi connectivity index (χ0v) is 67.3. The maximum atomic E-state index is 9.16. The van der Waals surface area contributed by atoms with Gasteiger partial charge in [0, 0.05) is 63.7 Å². The Morgan fingerprint density at radius 2 is 0.552 bits per heavy atom. The standard InChI is InChI=1S/2C31H21N.C18H12BrN.C15H13Br.C13H11BO2/c2*1-2-9-25(10-3-1)32-30-13-7-6-12-27(30)29-20-22(16-17-31(29)32)21-14-15-24-18-23-8-4-5-11-26(23)28(24)19-21;19-13-10-11-18-16(12-13)15-8-4-5-9-17(15)20(18)14-6-2-1-3-7-14;1-15(2)13-6-4-3-5-11(13)12-8-7-10(16)9-14(12)15;15-14(16)11-6-5-10-7-9-3-1-2-4-12(9)13(10)8-11/h2*1-17,19-20H,18H2;1-12H;3-9H,1-2H3;1-6,8,15-16H,7H2. The molecule has 0 fully saturated rings. The molecular formula is C108H78BBr2N3O2. The summed E-state index contributed by atoms with van der Waals surface area (Å²) in [4.78, 5) is 0. The van der Waals surface area contributed by atoms with Gasteiger partial charge in [-0.15, -0.1) is 0 Å². The minimum atomic E-state index is -1.39. The fourth-order valence-electron chi connectivity index (χ4n) is 18.4. The summed E-state index contributed by atoms with van der Waals surface area (Å²) in [5, 5.41) is 26.0. The van der Waals surface area contributed by atoms with E-state index in [-0.39, 0.29) is 5.41 Å². The van der Waals surface area contributed by atoms with Gasteiger partial charge in [0.1, 0.15) is 0 Å². The van der Waals surface area contributed by atoms with Gasteiger partial charge in [0.2, 0.25) is 0 Å². The first-order valence-corrected chi connectivity index (χ1v) is 41.3. The average molecular weight is 1620 g/mol. The van der Waals surface area contributed by atoms with E-state index in [1.807, 2.05) is 30.3 Å². The zero-order chi connectivity index (χ0) is 78.1.